The lowest BCUT2D eigenvalue weighted by atomic mass is 9.99. The number of rotatable bonds is 7. The number of imidazole rings is 1. The van der Waals surface area contributed by atoms with Crippen molar-refractivity contribution in [2.75, 3.05) is 5.32 Å². The zero-order chi connectivity index (χ0) is 21.1. The second-order valence-corrected chi connectivity index (χ2v) is 7.40. The van der Waals surface area contributed by atoms with E-state index in [1.165, 1.54) is 23.5 Å². The van der Waals surface area contributed by atoms with E-state index in [1.807, 2.05) is 24.3 Å². The molecule has 29 heavy (non-hydrogen) atoms. The highest BCUT2D eigenvalue weighted by Gasteiger charge is 2.14. The lowest BCUT2D eigenvalue weighted by molar-refractivity contribution is -0.116. The van der Waals surface area contributed by atoms with E-state index in [4.69, 9.17) is 0 Å². The third kappa shape index (κ3) is 4.16. The van der Waals surface area contributed by atoms with E-state index in [0.717, 1.165) is 16.7 Å². The average molecular weight is 397 g/mol. The number of hydrogen-bond acceptors (Lipinski definition) is 4. The van der Waals surface area contributed by atoms with Crippen molar-refractivity contribution in [1.82, 2.24) is 18.7 Å². The van der Waals surface area contributed by atoms with E-state index < -0.39 is 5.69 Å². The lowest BCUT2D eigenvalue weighted by Crippen LogP contribution is -2.37. The Bertz CT molecular complexity index is 1140. The molecule has 1 atom stereocenters. The van der Waals surface area contributed by atoms with Gasteiger partial charge in [0.2, 0.25) is 5.91 Å². The number of aromatic nitrogens is 4. The summed E-state index contributed by atoms with van der Waals surface area (Å²) in [5.41, 5.74) is 1.96. The van der Waals surface area contributed by atoms with Gasteiger partial charge in [-0.3, -0.25) is 18.7 Å². The summed E-state index contributed by atoms with van der Waals surface area (Å²) in [6.07, 6.45) is 3.48. The first-order valence-electron chi connectivity index (χ1n) is 9.84. The molecule has 0 spiro atoms. The number of nitrogens with one attached hydrogen (secondary N) is 1. The Morgan fingerprint density at radius 2 is 1.83 bits per heavy atom. The van der Waals surface area contributed by atoms with Crippen LogP contribution in [0.5, 0.6) is 0 Å². The smallest absolute Gasteiger partial charge is 0.326 e. The van der Waals surface area contributed by atoms with Gasteiger partial charge in [0.1, 0.15) is 0 Å². The van der Waals surface area contributed by atoms with E-state index in [9.17, 15) is 14.4 Å². The van der Waals surface area contributed by atoms with Gasteiger partial charge in [-0.15, -0.1) is 0 Å². The number of nitrogens with zero attached hydrogens (tertiary/aromatic N) is 4. The fourth-order valence-electron chi connectivity index (χ4n) is 3.33. The molecule has 0 aliphatic rings. The summed E-state index contributed by atoms with van der Waals surface area (Å²) in [5, 5.41) is 2.91. The molecule has 0 aliphatic carbocycles. The largest absolute Gasteiger partial charge is 0.332 e. The Kier molecular flexibility index (Phi) is 6.00. The Morgan fingerprint density at radius 3 is 2.48 bits per heavy atom. The van der Waals surface area contributed by atoms with Gasteiger partial charge in [-0.2, -0.15) is 0 Å². The summed E-state index contributed by atoms with van der Waals surface area (Å²) in [5.74, 6) is 0.419. The molecule has 1 aromatic carbocycles. The molecule has 8 nitrogen and oxygen atoms in total. The Hall–Kier alpha value is -3.16. The van der Waals surface area contributed by atoms with Crippen molar-refractivity contribution in [3.63, 3.8) is 0 Å². The van der Waals surface area contributed by atoms with Crippen LogP contribution in [-0.4, -0.2) is 24.6 Å². The van der Waals surface area contributed by atoms with Crippen LogP contribution in [0.25, 0.3) is 11.2 Å². The van der Waals surface area contributed by atoms with Gasteiger partial charge in [-0.05, 0) is 36.5 Å². The van der Waals surface area contributed by atoms with Crippen LogP contribution >= 0.6 is 0 Å². The fraction of sp³-hybridized carbons (Fsp3) is 0.429. The molecule has 2 aromatic heterocycles. The van der Waals surface area contributed by atoms with Gasteiger partial charge in [0.25, 0.3) is 5.56 Å². The van der Waals surface area contributed by atoms with Crippen LogP contribution < -0.4 is 16.6 Å². The van der Waals surface area contributed by atoms with Crippen molar-refractivity contribution in [2.24, 2.45) is 14.1 Å². The van der Waals surface area contributed by atoms with E-state index >= 15 is 0 Å². The van der Waals surface area contributed by atoms with Crippen molar-refractivity contribution < 1.29 is 4.79 Å². The molecule has 0 fully saturated rings. The van der Waals surface area contributed by atoms with Gasteiger partial charge in [0, 0.05) is 32.7 Å². The lowest BCUT2D eigenvalue weighted by Gasteiger charge is -2.11. The van der Waals surface area contributed by atoms with Crippen LogP contribution in [0.4, 0.5) is 5.69 Å². The predicted octanol–water partition coefficient (Wildman–Crippen LogP) is 2.37. The Balaban J connectivity index is 1.62. The minimum Gasteiger partial charge on any atom is -0.326 e. The van der Waals surface area contributed by atoms with Crippen LogP contribution in [0.3, 0.4) is 0 Å². The summed E-state index contributed by atoms with van der Waals surface area (Å²) in [6, 6.07) is 7.93. The second-order valence-electron chi connectivity index (χ2n) is 7.40. The third-order valence-corrected chi connectivity index (χ3v) is 5.40. The Morgan fingerprint density at radius 1 is 1.14 bits per heavy atom. The zero-order valence-corrected chi connectivity index (χ0v) is 17.3. The maximum atomic E-state index is 12.4. The molecule has 2 heterocycles. The number of amides is 1. The second kappa shape index (κ2) is 8.46. The first kappa shape index (κ1) is 20.6. The normalized spacial score (nSPS) is 12.3. The zero-order valence-electron chi connectivity index (χ0n) is 17.3. The molecule has 1 unspecified atom stereocenters. The van der Waals surface area contributed by atoms with Crippen LogP contribution in [0.2, 0.25) is 0 Å². The van der Waals surface area contributed by atoms with Gasteiger partial charge in [0.15, 0.2) is 11.2 Å². The molecule has 1 N–H and O–H groups in total. The molecule has 3 aromatic rings. The van der Waals surface area contributed by atoms with E-state index in [0.29, 0.717) is 36.5 Å². The van der Waals surface area contributed by atoms with E-state index in [-0.39, 0.29) is 11.5 Å². The fourth-order valence-corrected chi connectivity index (χ4v) is 3.33. The first-order valence-corrected chi connectivity index (χ1v) is 9.84. The van der Waals surface area contributed by atoms with Crippen LogP contribution in [0.1, 0.15) is 44.6 Å². The predicted molar refractivity (Wildman–Crippen MR) is 113 cm³/mol. The van der Waals surface area contributed by atoms with Crippen molar-refractivity contribution in [2.45, 2.75) is 45.6 Å². The van der Waals surface area contributed by atoms with Crippen LogP contribution in [-0.2, 0) is 25.4 Å². The number of carbonyl (C=O) groups is 1. The summed E-state index contributed by atoms with van der Waals surface area (Å²) in [4.78, 5) is 40.9. The minimum absolute atomic E-state index is 0.0778. The summed E-state index contributed by atoms with van der Waals surface area (Å²) < 4.78 is 4.12. The molecular formula is C21H27N5O3. The molecule has 1 amide bonds. The molecule has 0 saturated carbocycles. The molecule has 0 bridgehead atoms. The number of hydrogen-bond donors (Lipinski definition) is 1. The molecule has 0 aliphatic heterocycles. The highest BCUT2D eigenvalue weighted by atomic mass is 16.2. The van der Waals surface area contributed by atoms with Gasteiger partial charge < -0.3 is 9.88 Å². The van der Waals surface area contributed by atoms with E-state index in [1.54, 1.807) is 11.6 Å². The van der Waals surface area contributed by atoms with Crippen molar-refractivity contribution in [3.05, 3.63) is 57.0 Å². The first-order chi connectivity index (χ1) is 13.8. The van der Waals surface area contributed by atoms with Crippen molar-refractivity contribution in [3.8, 4) is 0 Å². The summed E-state index contributed by atoms with van der Waals surface area (Å²) in [6.45, 7) is 4.79. The third-order valence-electron chi connectivity index (χ3n) is 5.40. The van der Waals surface area contributed by atoms with Crippen molar-refractivity contribution >= 4 is 22.8 Å². The summed E-state index contributed by atoms with van der Waals surface area (Å²) in [7, 11) is 3.03. The molecule has 8 heteroatoms. The van der Waals surface area contributed by atoms with Gasteiger partial charge in [-0.1, -0.05) is 26.0 Å². The number of aryl methyl sites for hydroxylation is 2. The quantitative estimate of drug-likeness (QED) is 0.663. The highest BCUT2D eigenvalue weighted by Crippen LogP contribution is 2.20. The number of fused-ring (bicyclic) bond motifs is 1. The van der Waals surface area contributed by atoms with Gasteiger partial charge in [0.05, 0.1) is 6.33 Å². The number of anilines is 1. The average Bonchev–Trinajstić information content (AvgIpc) is 3.14. The van der Waals surface area contributed by atoms with Crippen molar-refractivity contribution in [1.29, 1.82) is 0 Å². The molecule has 154 valence electrons. The van der Waals surface area contributed by atoms with Crippen LogP contribution in [0.15, 0.2) is 40.2 Å². The monoisotopic (exact) mass is 397 g/mol. The van der Waals surface area contributed by atoms with E-state index in [2.05, 4.69) is 24.1 Å². The van der Waals surface area contributed by atoms with Crippen LogP contribution in [0, 0.1) is 0 Å². The Labute approximate surface area is 168 Å². The maximum absolute atomic E-state index is 12.4. The molecule has 3 rings (SSSR count). The molecule has 0 saturated heterocycles. The standard InChI is InChI=1S/C21H27N5O3/c1-5-14(2)15-8-10-16(11-9-15)23-17(27)7-6-12-26-13-22-19-18(26)20(28)25(4)21(29)24(19)3/h8-11,13-14H,5-7,12H2,1-4H3,(H,23,27). The number of benzene rings is 1. The topological polar surface area (TPSA) is 90.9 Å². The highest BCUT2D eigenvalue weighted by molar-refractivity contribution is 5.90. The minimum atomic E-state index is -0.411. The maximum Gasteiger partial charge on any atom is 0.332 e. The molecule has 0 radical (unpaired) electrons. The SMILES string of the molecule is CCC(C)c1ccc(NC(=O)CCCn2cnc3c2c(=O)n(C)c(=O)n3C)cc1. The van der Waals surface area contributed by atoms with Gasteiger partial charge in [-0.25, -0.2) is 9.78 Å². The molecular weight excluding hydrogens is 370 g/mol. The summed E-state index contributed by atoms with van der Waals surface area (Å²) >= 11 is 0. The number of carbonyl (C=O) groups excluding carboxylic acids is 1. The van der Waals surface area contributed by atoms with Gasteiger partial charge >= 0.3 is 5.69 Å².